The first-order valence-electron chi connectivity index (χ1n) is 10.2. The molecule has 3 rings (SSSR count). The van der Waals surface area contributed by atoms with Gasteiger partial charge in [0.2, 0.25) is 11.8 Å². The molecule has 0 aliphatic carbocycles. The molecule has 6 heteroatoms. The number of hydrogen-bond donors (Lipinski definition) is 1. The molecular formula is C23H28N2O3S. The van der Waals surface area contributed by atoms with Crippen molar-refractivity contribution in [2.45, 2.75) is 44.9 Å². The molecule has 1 heterocycles. The monoisotopic (exact) mass is 412 g/mol. The van der Waals surface area contributed by atoms with Gasteiger partial charge in [0.25, 0.3) is 0 Å². The van der Waals surface area contributed by atoms with Crippen LogP contribution in [0.2, 0.25) is 0 Å². The van der Waals surface area contributed by atoms with Gasteiger partial charge in [-0.3, -0.25) is 14.5 Å². The number of anilines is 2. The van der Waals surface area contributed by atoms with E-state index in [0.29, 0.717) is 24.5 Å². The van der Waals surface area contributed by atoms with E-state index >= 15 is 0 Å². The van der Waals surface area contributed by atoms with Gasteiger partial charge in [0.05, 0.1) is 18.0 Å². The van der Waals surface area contributed by atoms with Crippen LogP contribution < -0.4 is 15.0 Å². The third-order valence-corrected chi connectivity index (χ3v) is 5.97. The fourth-order valence-electron chi connectivity index (χ4n) is 3.39. The van der Waals surface area contributed by atoms with Crippen molar-refractivity contribution in [3.63, 3.8) is 0 Å². The van der Waals surface area contributed by atoms with Gasteiger partial charge in [0, 0.05) is 12.1 Å². The van der Waals surface area contributed by atoms with Gasteiger partial charge in [0.15, 0.2) is 0 Å². The molecule has 0 spiro atoms. The van der Waals surface area contributed by atoms with Crippen LogP contribution in [-0.4, -0.2) is 24.2 Å². The summed E-state index contributed by atoms with van der Waals surface area (Å²) in [5.41, 5.74) is 2.53. The van der Waals surface area contributed by atoms with Crippen molar-refractivity contribution in [1.82, 2.24) is 0 Å². The Bertz CT molecular complexity index is 856. The Labute approximate surface area is 176 Å². The molecule has 154 valence electrons. The molecule has 2 aromatic carbocycles. The van der Waals surface area contributed by atoms with Crippen LogP contribution in [0.15, 0.2) is 48.5 Å². The second-order valence-electron chi connectivity index (χ2n) is 6.96. The molecule has 1 fully saturated rings. The van der Waals surface area contributed by atoms with Crippen LogP contribution >= 0.6 is 11.8 Å². The molecule has 0 aromatic heterocycles. The highest BCUT2D eigenvalue weighted by Crippen LogP contribution is 2.45. The average molecular weight is 413 g/mol. The standard InChI is InChI=1S/C23H28N2O3S/c1-3-5-6-14-21(26)24-18-11-9-10-17(15-18)23-25(22(27)16-29-23)19-12-7-8-13-20(19)28-4-2/h7-13,15,23H,3-6,14,16H2,1-2H3,(H,24,26). The van der Waals surface area contributed by atoms with Crippen molar-refractivity contribution in [2.75, 3.05) is 22.6 Å². The summed E-state index contributed by atoms with van der Waals surface area (Å²) < 4.78 is 5.74. The van der Waals surface area contributed by atoms with E-state index in [9.17, 15) is 9.59 Å². The van der Waals surface area contributed by atoms with Crippen LogP contribution in [0, 0.1) is 0 Å². The van der Waals surface area contributed by atoms with E-state index in [1.807, 2.05) is 55.5 Å². The average Bonchev–Trinajstić information content (AvgIpc) is 3.10. The van der Waals surface area contributed by atoms with Crippen LogP contribution in [0.1, 0.15) is 50.5 Å². The van der Waals surface area contributed by atoms with Crippen molar-refractivity contribution >= 4 is 35.0 Å². The summed E-state index contributed by atoms with van der Waals surface area (Å²) in [7, 11) is 0. The molecule has 1 N–H and O–H groups in total. The molecule has 1 aliphatic heterocycles. The van der Waals surface area contributed by atoms with Crippen LogP contribution in [0.3, 0.4) is 0 Å². The summed E-state index contributed by atoms with van der Waals surface area (Å²) in [6.07, 6.45) is 3.58. The Balaban J connectivity index is 1.81. The van der Waals surface area contributed by atoms with Gasteiger partial charge in [-0.1, -0.05) is 44.0 Å². The molecular weight excluding hydrogens is 384 g/mol. The van der Waals surface area contributed by atoms with Crippen LogP contribution in [0.25, 0.3) is 0 Å². The predicted octanol–water partition coefficient (Wildman–Crippen LogP) is 5.38. The normalized spacial score (nSPS) is 16.1. The van der Waals surface area contributed by atoms with E-state index in [-0.39, 0.29) is 17.2 Å². The minimum Gasteiger partial charge on any atom is -0.492 e. The molecule has 5 nitrogen and oxygen atoms in total. The lowest BCUT2D eigenvalue weighted by Crippen LogP contribution is -2.28. The van der Waals surface area contributed by atoms with Gasteiger partial charge in [-0.05, 0) is 43.2 Å². The van der Waals surface area contributed by atoms with Gasteiger partial charge in [-0.15, -0.1) is 11.8 Å². The maximum Gasteiger partial charge on any atom is 0.238 e. The number of carbonyl (C=O) groups is 2. The number of thioether (sulfide) groups is 1. The van der Waals surface area contributed by atoms with Crippen LogP contribution in [0.4, 0.5) is 11.4 Å². The van der Waals surface area contributed by atoms with Crippen molar-refractivity contribution in [3.05, 3.63) is 54.1 Å². The maximum absolute atomic E-state index is 12.7. The van der Waals surface area contributed by atoms with E-state index in [0.717, 1.165) is 36.2 Å². The predicted molar refractivity (Wildman–Crippen MR) is 120 cm³/mol. The third-order valence-electron chi connectivity index (χ3n) is 4.76. The van der Waals surface area contributed by atoms with Gasteiger partial charge >= 0.3 is 0 Å². The first kappa shape index (κ1) is 21.2. The number of ether oxygens (including phenoxy) is 1. The quantitative estimate of drug-likeness (QED) is 0.562. The van der Waals surface area contributed by atoms with Gasteiger partial charge < -0.3 is 10.1 Å². The number of unbranched alkanes of at least 4 members (excludes halogenated alkanes) is 2. The molecule has 2 aromatic rings. The molecule has 0 bridgehead atoms. The number of nitrogens with zero attached hydrogens (tertiary/aromatic N) is 1. The molecule has 2 amide bonds. The summed E-state index contributed by atoms with van der Waals surface area (Å²) >= 11 is 1.59. The third kappa shape index (κ3) is 5.32. The van der Waals surface area contributed by atoms with Gasteiger partial charge in [0.1, 0.15) is 11.1 Å². The van der Waals surface area contributed by atoms with Gasteiger partial charge in [-0.25, -0.2) is 0 Å². The van der Waals surface area contributed by atoms with Crippen LogP contribution in [-0.2, 0) is 9.59 Å². The second kappa shape index (κ2) is 10.3. The minimum atomic E-state index is -0.152. The van der Waals surface area contributed by atoms with Crippen LogP contribution in [0.5, 0.6) is 5.75 Å². The van der Waals surface area contributed by atoms with E-state index in [4.69, 9.17) is 4.74 Å². The lowest BCUT2D eigenvalue weighted by molar-refractivity contribution is -0.117. The van der Waals surface area contributed by atoms with Crippen molar-refractivity contribution < 1.29 is 14.3 Å². The smallest absolute Gasteiger partial charge is 0.238 e. The molecule has 0 saturated carbocycles. The van der Waals surface area contributed by atoms with E-state index in [1.165, 1.54) is 0 Å². The lowest BCUT2D eigenvalue weighted by atomic mass is 10.1. The Kier molecular flexibility index (Phi) is 7.58. The summed E-state index contributed by atoms with van der Waals surface area (Å²) in [5.74, 6) is 1.21. The van der Waals surface area contributed by atoms with Crippen molar-refractivity contribution in [2.24, 2.45) is 0 Å². The molecule has 1 saturated heterocycles. The molecule has 0 radical (unpaired) electrons. The Hall–Kier alpha value is -2.47. The first-order chi connectivity index (χ1) is 14.1. The Morgan fingerprint density at radius 1 is 1.17 bits per heavy atom. The maximum atomic E-state index is 12.7. The second-order valence-corrected chi connectivity index (χ2v) is 8.03. The minimum absolute atomic E-state index is 0.0318. The number of carbonyl (C=O) groups excluding carboxylic acids is 2. The van der Waals surface area contributed by atoms with E-state index < -0.39 is 0 Å². The SMILES string of the molecule is CCCCCC(=O)Nc1cccc(C2SCC(=O)N2c2ccccc2OCC)c1. The first-order valence-corrected chi connectivity index (χ1v) is 11.2. The van der Waals surface area contributed by atoms with Crippen molar-refractivity contribution in [3.8, 4) is 5.75 Å². The molecule has 1 atom stereocenters. The number of para-hydroxylation sites is 2. The zero-order valence-corrected chi connectivity index (χ0v) is 17.8. The number of benzene rings is 2. The topological polar surface area (TPSA) is 58.6 Å². The summed E-state index contributed by atoms with van der Waals surface area (Å²) in [4.78, 5) is 26.7. The lowest BCUT2D eigenvalue weighted by Gasteiger charge is -2.26. The fraction of sp³-hybridized carbons (Fsp3) is 0.391. The highest BCUT2D eigenvalue weighted by molar-refractivity contribution is 8.00. The highest BCUT2D eigenvalue weighted by Gasteiger charge is 2.35. The summed E-state index contributed by atoms with van der Waals surface area (Å²) in [6, 6.07) is 15.4. The number of hydrogen-bond acceptors (Lipinski definition) is 4. The summed E-state index contributed by atoms with van der Waals surface area (Å²) in [5, 5.41) is 2.83. The highest BCUT2D eigenvalue weighted by atomic mass is 32.2. The molecule has 1 aliphatic rings. The number of amides is 2. The molecule has 1 unspecified atom stereocenters. The van der Waals surface area contributed by atoms with Crippen molar-refractivity contribution in [1.29, 1.82) is 0 Å². The Morgan fingerprint density at radius 3 is 2.79 bits per heavy atom. The number of rotatable bonds is 9. The van der Waals surface area contributed by atoms with E-state index in [2.05, 4.69) is 12.2 Å². The fourth-order valence-corrected chi connectivity index (χ4v) is 4.55. The van der Waals surface area contributed by atoms with Gasteiger partial charge in [-0.2, -0.15) is 0 Å². The summed E-state index contributed by atoms with van der Waals surface area (Å²) in [6.45, 7) is 4.59. The largest absolute Gasteiger partial charge is 0.492 e. The van der Waals surface area contributed by atoms with E-state index in [1.54, 1.807) is 16.7 Å². The zero-order valence-electron chi connectivity index (χ0n) is 17.0. The Morgan fingerprint density at radius 2 is 2.00 bits per heavy atom. The number of nitrogens with one attached hydrogen (secondary N) is 1. The zero-order chi connectivity index (χ0) is 20.6. The molecule has 29 heavy (non-hydrogen) atoms.